The number of hydrogen-bond donors (Lipinski definition) is 2. The molecule has 0 radical (unpaired) electrons. The molecule has 0 aliphatic heterocycles. The molecule has 0 spiro atoms. The van der Waals surface area contributed by atoms with E-state index in [1.165, 1.54) is 0 Å². The highest BCUT2D eigenvalue weighted by atomic mass is 32.1. The van der Waals surface area contributed by atoms with Gasteiger partial charge in [-0.05, 0) is 23.8 Å². The molecule has 1 atom stereocenters. The van der Waals surface area contributed by atoms with Crippen molar-refractivity contribution in [2.45, 2.75) is 25.0 Å². The second-order valence-corrected chi connectivity index (χ2v) is 4.18. The molecule has 0 saturated heterocycles. The number of anilines is 1. The van der Waals surface area contributed by atoms with E-state index in [2.05, 4.69) is 17.9 Å². The van der Waals surface area contributed by atoms with Crippen molar-refractivity contribution in [3.8, 4) is 0 Å². The van der Waals surface area contributed by atoms with Crippen LogP contribution in [0.3, 0.4) is 0 Å². The van der Waals surface area contributed by atoms with Gasteiger partial charge < -0.3 is 5.32 Å². The van der Waals surface area contributed by atoms with Crippen LogP contribution < -0.4 is 5.32 Å². The molecule has 76 valence electrons. The van der Waals surface area contributed by atoms with Crippen LogP contribution in [0, 0.1) is 0 Å². The summed E-state index contributed by atoms with van der Waals surface area (Å²) in [5.41, 5.74) is 0.851. The molecule has 1 rings (SSSR count). The number of rotatable bonds is 4. The lowest BCUT2D eigenvalue weighted by Crippen LogP contribution is -2.12. The SMILES string of the molecule is CC(S)CCC(=O)Nc1ccccc1. The van der Waals surface area contributed by atoms with Crippen LogP contribution in [0.15, 0.2) is 30.3 Å². The van der Waals surface area contributed by atoms with Gasteiger partial charge in [0.15, 0.2) is 0 Å². The van der Waals surface area contributed by atoms with Gasteiger partial charge in [-0.25, -0.2) is 0 Å². The summed E-state index contributed by atoms with van der Waals surface area (Å²) in [7, 11) is 0. The Morgan fingerprint density at radius 2 is 2.07 bits per heavy atom. The van der Waals surface area contributed by atoms with Crippen molar-refractivity contribution in [1.29, 1.82) is 0 Å². The lowest BCUT2D eigenvalue weighted by Gasteiger charge is -2.05. The Labute approximate surface area is 90.1 Å². The summed E-state index contributed by atoms with van der Waals surface area (Å²) in [4.78, 5) is 11.4. The van der Waals surface area contributed by atoms with Crippen LogP contribution in [0.1, 0.15) is 19.8 Å². The van der Waals surface area contributed by atoms with Crippen LogP contribution in [0.2, 0.25) is 0 Å². The van der Waals surface area contributed by atoms with Gasteiger partial charge in [0.1, 0.15) is 0 Å². The second kappa shape index (κ2) is 5.70. The Hall–Kier alpha value is -0.960. The molecular weight excluding hydrogens is 194 g/mol. The van der Waals surface area contributed by atoms with Crippen molar-refractivity contribution in [2.24, 2.45) is 0 Å². The second-order valence-electron chi connectivity index (χ2n) is 3.30. The Morgan fingerprint density at radius 3 is 2.64 bits per heavy atom. The van der Waals surface area contributed by atoms with Gasteiger partial charge in [0, 0.05) is 12.1 Å². The Balaban J connectivity index is 2.35. The van der Waals surface area contributed by atoms with Crippen molar-refractivity contribution >= 4 is 24.2 Å². The van der Waals surface area contributed by atoms with E-state index in [-0.39, 0.29) is 11.2 Å². The highest BCUT2D eigenvalue weighted by Crippen LogP contribution is 2.08. The minimum Gasteiger partial charge on any atom is -0.326 e. The Bertz CT molecular complexity index is 285. The molecule has 0 aliphatic rings. The molecule has 1 N–H and O–H groups in total. The third kappa shape index (κ3) is 4.33. The molecular formula is C11H15NOS. The van der Waals surface area contributed by atoms with Gasteiger partial charge in [-0.1, -0.05) is 25.1 Å². The zero-order valence-corrected chi connectivity index (χ0v) is 9.13. The van der Waals surface area contributed by atoms with Crippen molar-refractivity contribution in [3.05, 3.63) is 30.3 Å². The summed E-state index contributed by atoms with van der Waals surface area (Å²) in [6.45, 7) is 1.99. The molecule has 3 heteroatoms. The fraction of sp³-hybridized carbons (Fsp3) is 0.364. The van der Waals surface area contributed by atoms with Crippen LogP contribution in [0.25, 0.3) is 0 Å². The number of benzene rings is 1. The highest BCUT2D eigenvalue weighted by molar-refractivity contribution is 7.80. The number of carbonyl (C=O) groups is 1. The van der Waals surface area contributed by atoms with E-state index in [0.29, 0.717) is 6.42 Å². The summed E-state index contributed by atoms with van der Waals surface area (Å²) in [5, 5.41) is 3.10. The van der Waals surface area contributed by atoms with E-state index >= 15 is 0 Å². The third-order valence-electron chi connectivity index (χ3n) is 1.85. The summed E-state index contributed by atoms with van der Waals surface area (Å²) < 4.78 is 0. The number of carbonyl (C=O) groups excluding carboxylic acids is 1. The van der Waals surface area contributed by atoms with E-state index in [0.717, 1.165) is 12.1 Å². The van der Waals surface area contributed by atoms with Gasteiger partial charge >= 0.3 is 0 Å². The number of nitrogens with one attached hydrogen (secondary N) is 1. The normalized spacial score (nSPS) is 12.1. The summed E-state index contributed by atoms with van der Waals surface area (Å²) in [6, 6.07) is 9.48. The minimum absolute atomic E-state index is 0.0529. The van der Waals surface area contributed by atoms with E-state index in [9.17, 15) is 4.79 Å². The molecule has 1 unspecified atom stereocenters. The van der Waals surface area contributed by atoms with Gasteiger partial charge in [-0.15, -0.1) is 0 Å². The van der Waals surface area contributed by atoms with E-state index in [1.54, 1.807) is 0 Å². The van der Waals surface area contributed by atoms with Crippen LogP contribution in [0.5, 0.6) is 0 Å². The maximum Gasteiger partial charge on any atom is 0.224 e. The highest BCUT2D eigenvalue weighted by Gasteiger charge is 2.03. The van der Waals surface area contributed by atoms with E-state index < -0.39 is 0 Å². The number of para-hydroxylation sites is 1. The van der Waals surface area contributed by atoms with E-state index in [4.69, 9.17) is 0 Å². The van der Waals surface area contributed by atoms with Crippen LogP contribution in [-0.2, 0) is 4.79 Å². The van der Waals surface area contributed by atoms with Gasteiger partial charge in [0.25, 0.3) is 0 Å². The largest absolute Gasteiger partial charge is 0.326 e. The predicted octanol–water partition coefficient (Wildman–Crippen LogP) is 2.72. The smallest absolute Gasteiger partial charge is 0.224 e. The van der Waals surface area contributed by atoms with E-state index in [1.807, 2.05) is 37.3 Å². The van der Waals surface area contributed by atoms with Crippen LogP contribution in [0.4, 0.5) is 5.69 Å². The first kappa shape index (κ1) is 11.1. The maximum absolute atomic E-state index is 11.4. The Kier molecular flexibility index (Phi) is 4.53. The maximum atomic E-state index is 11.4. The molecule has 0 aliphatic carbocycles. The van der Waals surface area contributed by atoms with Gasteiger partial charge in [0.05, 0.1) is 0 Å². The van der Waals surface area contributed by atoms with Crippen molar-refractivity contribution in [1.82, 2.24) is 0 Å². The average molecular weight is 209 g/mol. The Morgan fingerprint density at radius 1 is 1.43 bits per heavy atom. The number of hydrogen-bond acceptors (Lipinski definition) is 2. The molecule has 2 nitrogen and oxygen atoms in total. The van der Waals surface area contributed by atoms with Crippen molar-refractivity contribution in [3.63, 3.8) is 0 Å². The molecule has 14 heavy (non-hydrogen) atoms. The first-order valence-electron chi connectivity index (χ1n) is 4.71. The standard InChI is InChI=1S/C11H15NOS/c1-9(14)7-8-11(13)12-10-5-3-2-4-6-10/h2-6,9,14H,7-8H2,1H3,(H,12,13). The first-order chi connectivity index (χ1) is 6.68. The van der Waals surface area contributed by atoms with Gasteiger partial charge in [-0.3, -0.25) is 4.79 Å². The molecule has 1 aromatic carbocycles. The molecule has 0 bridgehead atoms. The number of amides is 1. The fourth-order valence-electron chi connectivity index (χ4n) is 1.08. The van der Waals surface area contributed by atoms with Crippen molar-refractivity contribution < 1.29 is 4.79 Å². The zero-order valence-electron chi connectivity index (χ0n) is 8.23. The summed E-state index contributed by atoms with van der Waals surface area (Å²) in [6.07, 6.45) is 1.33. The van der Waals surface area contributed by atoms with Gasteiger partial charge in [0.2, 0.25) is 5.91 Å². The molecule has 0 aromatic heterocycles. The molecule has 0 saturated carbocycles. The predicted molar refractivity (Wildman–Crippen MR) is 62.8 cm³/mol. The fourth-order valence-corrected chi connectivity index (χ4v) is 1.21. The van der Waals surface area contributed by atoms with Crippen molar-refractivity contribution in [2.75, 3.05) is 5.32 Å². The topological polar surface area (TPSA) is 29.1 Å². The average Bonchev–Trinajstić information content (AvgIpc) is 2.16. The lowest BCUT2D eigenvalue weighted by molar-refractivity contribution is -0.116. The lowest BCUT2D eigenvalue weighted by atomic mass is 10.2. The summed E-state index contributed by atoms with van der Waals surface area (Å²) >= 11 is 4.22. The number of thiol groups is 1. The first-order valence-corrected chi connectivity index (χ1v) is 5.23. The summed E-state index contributed by atoms with van der Waals surface area (Å²) in [5.74, 6) is 0.0529. The molecule has 0 heterocycles. The zero-order chi connectivity index (χ0) is 10.4. The van der Waals surface area contributed by atoms with Crippen LogP contribution in [-0.4, -0.2) is 11.2 Å². The molecule has 1 amide bonds. The molecule has 0 fully saturated rings. The quantitative estimate of drug-likeness (QED) is 0.733. The van der Waals surface area contributed by atoms with Crippen LogP contribution >= 0.6 is 12.6 Å². The van der Waals surface area contributed by atoms with Gasteiger partial charge in [-0.2, -0.15) is 12.6 Å². The third-order valence-corrected chi connectivity index (χ3v) is 2.10. The minimum atomic E-state index is 0.0529. The molecule has 1 aromatic rings. The monoisotopic (exact) mass is 209 g/mol.